The summed E-state index contributed by atoms with van der Waals surface area (Å²) in [6, 6.07) is 9.77. The van der Waals surface area contributed by atoms with Crippen LogP contribution in [0.4, 0.5) is 4.79 Å². The van der Waals surface area contributed by atoms with Crippen LogP contribution in [0.3, 0.4) is 0 Å². The molecule has 1 aromatic carbocycles. The Kier molecular flexibility index (Phi) is 9.28. The van der Waals surface area contributed by atoms with E-state index < -0.39 is 6.09 Å². The summed E-state index contributed by atoms with van der Waals surface area (Å²) in [5.41, 5.74) is 3.76. The summed E-state index contributed by atoms with van der Waals surface area (Å²) in [5.74, 6) is 6.69. The van der Waals surface area contributed by atoms with E-state index in [4.69, 9.17) is 14.5 Å². The van der Waals surface area contributed by atoms with Crippen molar-refractivity contribution in [3.05, 3.63) is 77.9 Å². The summed E-state index contributed by atoms with van der Waals surface area (Å²) < 4.78 is 13.3. The quantitative estimate of drug-likeness (QED) is 0.299. The van der Waals surface area contributed by atoms with Crippen LogP contribution in [0.15, 0.2) is 66.2 Å². The first-order chi connectivity index (χ1) is 18.0. The van der Waals surface area contributed by atoms with Gasteiger partial charge in [-0.25, -0.2) is 9.78 Å². The van der Waals surface area contributed by atoms with Gasteiger partial charge in [0, 0.05) is 23.1 Å². The molecule has 1 atom stereocenters. The van der Waals surface area contributed by atoms with Crippen LogP contribution in [0.25, 0.3) is 5.69 Å². The largest absolute Gasteiger partial charge is 0.487 e. The molecule has 0 saturated carbocycles. The van der Waals surface area contributed by atoms with Crippen LogP contribution in [0.5, 0.6) is 5.75 Å². The highest BCUT2D eigenvalue weighted by atomic mass is 32.2. The smallest absolute Gasteiger partial charge is 0.408 e. The van der Waals surface area contributed by atoms with Gasteiger partial charge in [0.25, 0.3) is 0 Å². The summed E-state index contributed by atoms with van der Waals surface area (Å²) >= 11 is 1.78. The van der Waals surface area contributed by atoms with Crippen molar-refractivity contribution in [2.24, 2.45) is 0 Å². The molecule has 0 fully saturated rings. The number of allylic oxidation sites excluding steroid dienone is 1. The fraction of sp³-hybridized carbons (Fsp3) is 0.345. The Labute approximate surface area is 222 Å². The number of hydrogen-bond acceptors (Lipinski definition) is 6. The number of nitrogens with one attached hydrogen (secondary N) is 1. The second-order valence-corrected chi connectivity index (χ2v) is 10.2. The van der Waals surface area contributed by atoms with Crippen molar-refractivity contribution in [1.82, 2.24) is 19.9 Å². The highest BCUT2D eigenvalue weighted by Gasteiger charge is 2.18. The number of aromatic nitrogens is 3. The van der Waals surface area contributed by atoms with Gasteiger partial charge in [-0.05, 0) is 75.9 Å². The fourth-order valence-corrected chi connectivity index (χ4v) is 5.05. The van der Waals surface area contributed by atoms with Crippen molar-refractivity contribution < 1.29 is 14.3 Å². The number of carbonyl (C=O) groups is 1. The lowest BCUT2D eigenvalue weighted by atomic mass is 10.1. The fourth-order valence-electron chi connectivity index (χ4n) is 3.86. The summed E-state index contributed by atoms with van der Waals surface area (Å²) in [4.78, 5) is 20.6. The third-order valence-electron chi connectivity index (χ3n) is 5.66. The van der Waals surface area contributed by atoms with E-state index in [2.05, 4.69) is 38.9 Å². The zero-order chi connectivity index (χ0) is 26.0. The first-order valence-corrected chi connectivity index (χ1v) is 13.3. The molecule has 8 heteroatoms. The normalized spacial score (nSPS) is 14.6. The number of alkyl carbamates (subject to hydrolysis) is 1. The predicted octanol–water partition coefficient (Wildman–Crippen LogP) is 5.84. The average molecular weight is 517 g/mol. The highest BCUT2D eigenvalue weighted by molar-refractivity contribution is 7.99. The van der Waals surface area contributed by atoms with Gasteiger partial charge in [0.15, 0.2) is 11.8 Å². The van der Waals surface area contributed by atoms with Crippen molar-refractivity contribution in [3.8, 4) is 23.3 Å². The minimum absolute atomic E-state index is 0.0256. The van der Waals surface area contributed by atoms with Gasteiger partial charge in [-0.1, -0.05) is 35.8 Å². The molecular formula is C29H32N4O3S. The minimum Gasteiger partial charge on any atom is -0.487 e. The third-order valence-corrected chi connectivity index (χ3v) is 6.86. The highest BCUT2D eigenvalue weighted by Crippen LogP contribution is 2.32. The number of amides is 1. The first kappa shape index (κ1) is 26.4. The molecule has 0 aliphatic heterocycles. The molecule has 4 rings (SSSR count). The molecule has 0 saturated heterocycles. The molecule has 1 aliphatic carbocycles. The van der Waals surface area contributed by atoms with E-state index in [1.807, 2.05) is 63.5 Å². The minimum atomic E-state index is -0.466. The summed E-state index contributed by atoms with van der Waals surface area (Å²) in [6.07, 6.45) is 13.1. The van der Waals surface area contributed by atoms with E-state index >= 15 is 0 Å². The number of imidazole rings is 1. The van der Waals surface area contributed by atoms with Gasteiger partial charge < -0.3 is 14.8 Å². The van der Waals surface area contributed by atoms with Gasteiger partial charge in [-0.3, -0.25) is 9.55 Å². The lowest BCUT2D eigenvalue weighted by molar-refractivity contribution is 0.157. The van der Waals surface area contributed by atoms with Crippen LogP contribution in [-0.4, -0.2) is 38.5 Å². The van der Waals surface area contributed by atoms with Crippen molar-refractivity contribution in [2.45, 2.75) is 63.1 Å². The number of carbonyl (C=O) groups excluding carboxylic acids is 1. The number of benzene rings is 1. The Morgan fingerprint density at radius 3 is 2.92 bits per heavy atom. The maximum absolute atomic E-state index is 11.5. The number of pyridine rings is 1. The number of nitrogens with zero attached hydrogens (tertiary/aromatic N) is 3. The Balaban J connectivity index is 1.42. The van der Waals surface area contributed by atoms with E-state index in [-0.39, 0.29) is 12.6 Å². The SMILES string of the molecule is Cc1cc(OCc2cnc(SC3C=CCCC3)n2-c2cccnc2)ccc1C#CCOC(=O)NC(C)C. The molecule has 1 N–H and O–H groups in total. The lowest BCUT2D eigenvalue weighted by Crippen LogP contribution is -2.30. The zero-order valence-corrected chi connectivity index (χ0v) is 22.3. The van der Waals surface area contributed by atoms with E-state index in [9.17, 15) is 4.79 Å². The Morgan fingerprint density at radius 1 is 1.30 bits per heavy atom. The predicted molar refractivity (Wildman–Crippen MR) is 146 cm³/mol. The van der Waals surface area contributed by atoms with Crippen LogP contribution < -0.4 is 10.1 Å². The molecule has 2 aromatic heterocycles. The molecule has 37 heavy (non-hydrogen) atoms. The number of thioether (sulfide) groups is 1. The van der Waals surface area contributed by atoms with E-state index in [1.54, 1.807) is 18.0 Å². The molecule has 2 heterocycles. The Bertz CT molecular complexity index is 1290. The van der Waals surface area contributed by atoms with Crippen LogP contribution in [0.1, 0.15) is 49.9 Å². The molecule has 3 aromatic rings. The van der Waals surface area contributed by atoms with Gasteiger partial charge in [-0.2, -0.15) is 0 Å². The van der Waals surface area contributed by atoms with Gasteiger partial charge >= 0.3 is 6.09 Å². The lowest BCUT2D eigenvalue weighted by Gasteiger charge is -2.17. The first-order valence-electron chi connectivity index (χ1n) is 12.5. The van der Waals surface area contributed by atoms with E-state index in [1.165, 1.54) is 6.42 Å². The molecule has 1 unspecified atom stereocenters. The Hall–Kier alpha value is -3.70. The van der Waals surface area contributed by atoms with Crippen LogP contribution in [0, 0.1) is 18.8 Å². The standard InChI is InChI=1S/C29H32N4O3S/c1-21(2)32-29(34)35-16-8-9-23-13-14-26(17-22(23)3)36-20-25-19-31-28(37-27-11-5-4-6-12-27)33(25)24-10-7-15-30-18-24/h5,7,10-11,13-15,17-19,21,27H,4,6,12,16,20H2,1-3H3,(H,32,34). The van der Waals surface area contributed by atoms with Gasteiger partial charge in [-0.15, -0.1) is 0 Å². The number of aryl methyl sites for hydroxylation is 1. The summed E-state index contributed by atoms with van der Waals surface area (Å²) in [5, 5.41) is 4.03. The second kappa shape index (κ2) is 13.0. The van der Waals surface area contributed by atoms with Crippen molar-refractivity contribution in [1.29, 1.82) is 0 Å². The maximum Gasteiger partial charge on any atom is 0.408 e. The second-order valence-electron chi connectivity index (χ2n) is 9.04. The monoisotopic (exact) mass is 516 g/mol. The molecular weight excluding hydrogens is 484 g/mol. The zero-order valence-electron chi connectivity index (χ0n) is 21.4. The average Bonchev–Trinajstić information content (AvgIpc) is 3.29. The van der Waals surface area contributed by atoms with Crippen molar-refractivity contribution >= 4 is 17.9 Å². The molecule has 0 bridgehead atoms. The van der Waals surface area contributed by atoms with E-state index in [0.29, 0.717) is 11.9 Å². The van der Waals surface area contributed by atoms with Crippen molar-refractivity contribution in [2.75, 3.05) is 6.61 Å². The van der Waals surface area contributed by atoms with Gasteiger partial charge in [0.1, 0.15) is 12.4 Å². The van der Waals surface area contributed by atoms with Crippen LogP contribution >= 0.6 is 11.8 Å². The Morgan fingerprint density at radius 2 is 2.19 bits per heavy atom. The topological polar surface area (TPSA) is 78.3 Å². The molecule has 1 amide bonds. The number of ether oxygens (including phenoxy) is 2. The number of rotatable bonds is 8. The number of hydrogen-bond donors (Lipinski definition) is 1. The maximum atomic E-state index is 11.5. The van der Waals surface area contributed by atoms with Crippen molar-refractivity contribution in [3.63, 3.8) is 0 Å². The van der Waals surface area contributed by atoms with Gasteiger partial charge in [0.05, 0.1) is 23.8 Å². The molecule has 192 valence electrons. The summed E-state index contributed by atoms with van der Waals surface area (Å²) in [7, 11) is 0. The van der Waals surface area contributed by atoms with Crippen LogP contribution in [-0.2, 0) is 11.3 Å². The van der Waals surface area contributed by atoms with E-state index in [0.717, 1.165) is 46.3 Å². The molecule has 0 radical (unpaired) electrons. The molecule has 0 spiro atoms. The van der Waals surface area contributed by atoms with Gasteiger partial charge in [0.2, 0.25) is 0 Å². The third kappa shape index (κ3) is 7.64. The molecule has 1 aliphatic rings. The summed E-state index contributed by atoms with van der Waals surface area (Å²) in [6.45, 7) is 6.13. The van der Waals surface area contributed by atoms with Crippen LogP contribution in [0.2, 0.25) is 0 Å². The molecule has 7 nitrogen and oxygen atoms in total.